The van der Waals surface area contributed by atoms with Crippen molar-refractivity contribution in [2.45, 2.75) is 72.0 Å². The molecule has 32 heavy (non-hydrogen) atoms. The van der Waals surface area contributed by atoms with Crippen LogP contribution in [0.3, 0.4) is 0 Å². The lowest BCUT2D eigenvalue weighted by Crippen LogP contribution is -2.50. The van der Waals surface area contributed by atoms with Gasteiger partial charge in [-0.1, -0.05) is 58.0 Å². The number of halogens is 1. The van der Waals surface area contributed by atoms with Gasteiger partial charge in [0.05, 0.1) is 0 Å². The van der Waals surface area contributed by atoms with Gasteiger partial charge in [0.2, 0.25) is 5.91 Å². The molecule has 2 amide bonds. The van der Waals surface area contributed by atoms with Gasteiger partial charge in [0, 0.05) is 18.2 Å². The molecule has 0 aliphatic carbocycles. The summed E-state index contributed by atoms with van der Waals surface area (Å²) in [5.41, 5.74) is 1.52. The largest absolute Gasteiger partial charge is 0.484 e. The molecule has 0 aromatic heterocycles. The molecule has 2 aromatic carbocycles. The van der Waals surface area contributed by atoms with E-state index in [9.17, 15) is 14.0 Å². The van der Waals surface area contributed by atoms with Crippen molar-refractivity contribution in [1.29, 1.82) is 0 Å². The highest BCUT2D eigenvalue weighted by atomic mass is 19.1. The van der Waals surface area contributed by atoms with E-state index in [4.69, 9.17) is 4.74 Å². The number of ether oxygens (including phenoxy) is 1. The molecule has 2 atom stereocenters. The highest BCUT2D eigenvalue weighted by molar-refractivity contribution is 5.88. The fourth-order valence-corrected chi connectivity index (χ4v) is 3.14. The summed E-state index contributed by atoms with van der Waals surface area (Å²) in [6.07, 6.45) is 0.771. The minimum absolute atomic E-state index is 0.0172. The van der Waals surface area contributed by atoms with Gasteiger partial charge in [-0.25, -0.2) is 4.39 Å². The predicted molar refractivity (Wildman–Crippen MR) is 125 cm³/mol. The maximum atomic E-state index is 14.3. The van der Waals surface area contributed by atoms with E-state index in [0.717, 1.165) is 12.0 Å². The number of benzene rings is 2. The standard InChI is InChI=1S/C26H35FN2O3/c1-7-18(2)28-25(31)19(3)29(16-20-10-8-9-11-23(20)27)24(30)17-32-22-14-12-21(13-15-22)26(4,5)6/h8-15,18-19H,7,16-17H2,1-6H3,(H,28,31)/t18-,19-/m0/s1. The summed E-state index contributed by atoms with van der Waals surface area (Å²) >= 11 is 0. The van der Waals surface area contributed by atoms with Crippen molar-refractivity contribution in [1.82, 2.24) is 10.2 Å². The smallest absolute Gasteiger partial charge is 0.261 e. The second-order valence-electron chi connectivity index (χ2n) is 9.17. The van der Waals surface area contributed by atoms with Gasteiger partial charge in [0.1, 0.15) is 17.6 Å². The number of rotatable bonds is 9. The van der Waals surface area contributed by atoms with Crippen LogP contribution in [-0.4, -0.2) is 35.4 Å². The fourth-order valence-electron chi connectivity index (χ4n) is 3.14. The monoisotopic (exact) mass is 442 g/mol. The van der Waals surface area contributed by atoms with E-state index < -0.39 is 11.9 Å². The molecule has 0 aliphatic rings. The van der Waals surface area contributed by atoms with Gasteiger partial charge >= 0.3 is 0 Å². The molecular weight excluding hydrogens is 407 g/mol. The Morgan fingerprint density at radius 3 is 2.25 bits per heavy atom. The van der Waals surface area contributed by atoms with Gasteiger partial charge in [-0.2, -0.15) is 0 Å². The van der Waals surface area contributed by atoms with E-state index in [2.05, 4.69) is 26.1 Å². The van der Waals surface area contributed by atoms with Gasteiger partial charge in [0.25, 0.3) is 5.91 Å². The van der Waals surface area contributed by atoms with E-state index in [1.54, 1.807) is 25.1 Å². The molecule has 0 spiro atoms. The highest BCUT2D eigenvalue weighted by Gasteiger charge is 2.28. The second kappa shape index (κ2) is 11.1. The minimum atomic E-state index is -0.775. The lowest BCUT2D eigenvalue weighted by atomic mass is 9.87. The third kappa shape index (κ3) is 7.08. The van der Waals surface area contributed by atoms with Gasteiger partial charge in [-0.05, 0) is 49.4 Å². The Morgan fingerprint density at radius 1 is 1.06 bits per heavy atom. The van der Waals surface area contributed by atoms with Crippen molar-refractivity contribution >= 4 is 11.8 Å². The summed E-state index contributed by atoms with van der Waals surface area (Å²) in [5.74, 6) is -0.522. The zero-order valence-electron chi connectivity index (χ0n) is 19.9. The maximum absolute atomic E-state index is 14.3. The van der Waals surface area contributed by atoms with Gasteiger partial charge < -0.3 is 15.0 Å². The van der Waals surface area contributed by atoms with Crippen LogP contribution in [0.25, 0.3) is 0 Å². The van der Waals surface area contributed by atoms with Crippen molar-refractivity contribution in [3.63, 3.8) is 0 Å². The molecule has 0 saturated carbocycles. The Bertz CT molecular complexity index is 906. The number of amides is 2. The van der Waals surface area contributed by atoms with Crippen LogP contribution < -0.4 is 10.1 Å². The van der Waals surface area contributed by atoms with E-state index >= 15 is 0 Å². The fraction of sp³-hybridized carbons (Fsp3) is 0.462. The molecule has 6 heteroatoms. The average Bonchev–Trinajstić information content (AvgIpc) is 2.76. The molecule has 0 unspecified atom stereocenters. The van der Waals surface area contributed by atoms with E-state index in [0.29, 0.717) is 11.3 Å². The van der Waals surface area contributed by atoms with Crippen LogP contribution in [0, 0.1) is 5.82 Å². The Morgan fingerprint density at radius 2 is 1.69 bits per heavy atom. The first-order valence-electron chi connectivity index (χ1n) is 11.1. The van der Waals surface area contributed by atoms with Crippen LogP contribution >= 0.6 is 0 Å². The maximum Gasteiger partial charge on any atom is 0.261 e. The Hall–Kier alpha value is -2.89. The lowest BCUT2D eigenvalue weighted by molar-refractivity contribution is -0.142. The summed E-state index contributed by atoms with van der Waals surface area (Å²) in [4.78, 5) is 27.1. The molecular formula is C26H35FN2O3. The first-order chi connectivity index (χ1) is 15.0. The van der Waals surface area contributed by atoms with Crippen LogP contribution in [0.2, 0.25) is 0 Å². The summed E-state index contributed by atoms with van der Waals surface area (Å²) in [5, 5.41) is 2.89. The predicted octanol–water partition coefficient (Wildman–Crippen LogP) is 4.83. The summed E-state index contributed by atoms with van der Waals surface area (Å²) in [7, 11) is 0. The molecule has 0 saturated heterocycles. The zero-order valence-corrected chi connectivity index (χ0v) is 19.9. The van der Waals surface area contributed by atoms with Crippen molar-refractivity contribution in [2.24, 2.45) is 0 Å². The van der Waals surface area contributed by atoms with E-state index in [1.807, 2.05) is 38.1 Å². The zero-order chi connectivity index (χ0) is 23.9. The molecule has 1 N–H and O–H groups in total. The van der Waals surface area contributed by atoms with Crippen LogP contribution in [-0.2, 0) is 21.5 Å². The quantitative estimate of drug-likeness (QED) is 0.605. The Balaban J connectivity index is 2.15. The normalized spacial score (nSPS) is 13.2. The topological polar surface area (TPSA) is 58.6 Å². The van der Waals surface area contributed by atoms with Gasteiger partial charge in [-0.3, -0.25) is 9.59 Å². The van der Waals surface area contributed by atoms with Crippen molar-refractivity contribution in [3.05, 3.63) is 65.5 Å². The molecule has 0 bridgehead atoms. The molecule has 2 rings (SSSR count). The number of hydrogen-bond donors (Lipinski definition) is 1. The molecule has 0 fully saturated rings. The van der Waals surface area contributed by atoms with E-state index in [-0.39, 0.29) is 36.4 Å². The van der Waals surface area contributed by atoms with Crippen LogP contribution in [0.5, 0.6) is 5.75 Å². The summed E-state index contributed by atoms with van der Waals surface area (Å²) < 4.78 is 20.0. The molecule has 0 radical (unpaired) electrons. The van der Waals surface area contributed by atoms with Crippen molar-refractivity contribution < 1.29 is 18.7 Å². The number of carbonyl (C=O) groups excluding carboxylic acids is 2. The molecule has 5 nitrogen and oxygen atoms in total. The van der Waals surface area contributed by atoms with Crippen molar-refractivity contribution in [2.75, 3.05) is 6.61 Å². The van der Waals surface area contributed by atoms with Crippen LogP contribution in [0.1, 0.15) is 59.1 Å². The lowest BCUT2D eigenvalue weighted by Gasteiger charge is -2.29. The third-order valence-corrected chi connectivity index (χ3v) is 5.55. The first-order valence-corrected chi connectivity index (χ1v) is 11.1. The number of nitrogens with zero attached hydrogens (tertiary/aromatic N) is 1. The van der Waals surface area contributed by atoms with Crippen LogP contribution in [0.4, 0.5) is 4.39 Å². The first kappa shape index (κ1) is 25.4. The summed E-state index contributed by atoms with van der Waals surface area (Å²) in [6, 6.07) is 13.1. The highest BCUT2D eigenvalue weighted by Crippen LogP contribution is 2.24. The number of nitrogens with one attached hydrogen (secondary N) is 1. The Kier molecular flexibility index (Phi) is 8.81. The average molecular weight is 443 g/mol. The number of carbonyl (C=O) groups is 2. The molecule has 0 heterocycles. The Labute approximate surface area is 191 Å². The third-order valence-electron chi connectivity index (χ3n) is 5.55. The number of hydrogen-bond acceptors (Lipinski definition) is 3. The second-order valence-corrected chi connectivity index (χ2v) is 9.17. The molecule has 2 aromatic rings. The van der Waals surface area contributed by atoms with Gasteiger partial charge in [-0.15, -0.1) is 0 Å². The van der Waals surface area contributed by atoms with Gasteiger partial charge in [0.15, 0.2) is 6.61 Å². The van der Waals surface area contributed by atoms with E-state index in [1.165, 1.54) is 11.0 Å². The SMILES string of the molecule is CC[C@H](C)NC(=O)[C@H](C)N(Cc1ccccc1F)C(=O)COc1ccc(C(C)(C)C)cc1. The van der Waals surface area contributed by atoms with Crippen molar-refractivity contribution in [3.8, 4) is 5.75 Å². The minimum Gasteiger partial charge on any atom is -0.484 e. The molecule has 174 valence electrons. The summed E-state index contributed by atoms with van der Waals surface area (Å²) in [6.45, 7) is 11.6. The van der Waals surface area contributed by atoms with Crippen LogP contribution in [0.15, 0.2) is 48.5 Å². The molecule has 0 aliphatic heterocycles.